The lowest BCUT2D eigenvalue weighted by molar-refractivity contribution is -0.137. The van der Waals surface area contributed by atoms with Gasteiger partial charge in [0, 0.05) is 33.4 Å². The molecule has 4 nitrogen and oxygen atoms in total. The van der Waals surface area contributed by atoms with Gasteiger partial charge in [-0.05, 0) is 31.2 Å². The average Bonchev–Trinajstić information content (AvgIpc) is 2.76. The smallest absolute Gasteiger partial charge is 0.227 e. The molecule has 17 heavy (non-hydrogen) atoms. The van der Waals surface area contributed by atoms with E-state index in [0.29, 0.717) is 17.7 Å². The second-order valence-electron chi connectivity index (χ2n) is 5.47. The van der Waals surface area contributed by atoms with Crippen LogP contribution in [0.15, 0.2) is 0 Å². The SMILES string of the molecule is COCC1CCN(C(=O)C2CNCC2C)CC1. The van der Waals surface area contributed by atoms with Crippen LogP contribution in [-0.2, 0) is 9.53 Å². The van der Waals surface area contributed by atoms with Gasteiger partial charge in [0.1, 0.15) is 0 Å². The quantitative estimate of drug-likeness (QED) is 0.790. The summed E-state index contributed by atoms with van der Waals surface area (Å²) in [7, 11) is 1.75. The van der Waals surface area contributed by atoms with Crippen molar-refractivity contribution in [2.45, 2.75) is 19.8 Å². The van der Waals surface area contributed by atoms with E-state index in [1.54, 1.807) is 7.11 Å². The van der Waals surface area contributed by atoms with Crippen molar-refractivity contribution in [3.8, 4) is 0 Å². The number of hydrogen-bond donors (Lipinski definition) is 1. The average molecular weight is 240 g/mol. The highest BCUT2D eigenvalue weighted by Gasteiger charge is 2.34. The maximum Gasteiger partial charge on any atom is 0.227 e. The maximum absolute atomic E-state index is 12.3. The number of nitrogens with zero attached hydrogens (tertiary/aromatic N) is 1. The number of likely N-dealkylation sites (tertiary alicyclic amines) is 1. The highest BCUT2D eigenvalue weighted by molar-refractivity contribution is 5.79. The third kappa shape index (κ3) is 2.99. The summed E-state index contributed by atoms with van der Waals surface area (Å²) in [6.45, 7) is 6.67. The number of nitrogens with one attached hydrogen (secondary N) is 1. The van der Waals surface area contributed by atoms with Gasteiger partial charge in [-0.1, -0.05) is 6.92 Å². The summed E-state index contributed by atoms with van der Waals surface area (Å²) < 4.78 is 5.18. The van der Waals surface area contributed by atoms with Crippen molar-refractivity contribution >= 4 is 5.91 Å². The fraction of sp³-hybridized carbons (Fsp3) is 0.923. The Balaban J connectivity index is 1.82. The highest BCUT2D eigenvalue weighted by atomic mass is 16.5. The standard InChI is InChI=1S/C13H24N2O2/c1-10-7-14-8-12(10)13(16)15-5-3-11(4-6-15)9-17-2/h10-12,14H,3-9H2,1-2H3. The van der Waals surface area contributed by atoms with Gasteiger partial charge in [-0.2, -0.15) is 0 Å². The second kappa shape index (κ2) is 5.83. The minimum absolute atomic E-state index is 0.203. The Bertz CT molecular complexity index is 262. The minimum Gasteiger partial charge on any atom is -0.384 e. The van der Waals surface area contributed by atoms with E-state index >= 15 is 0 Å². The van der Waals surface area contributed by atoms with Gasteiger partial charge >= 0.3 is 0 Å². The first-order chi connectivity index (χ1) is 8.22. The molecule has 2 aliphatic rings. The monoisotopic (exact) mass is 240 g/mol. The van der Waals surface area contributed by atoms with E-state index in [9.17, 15) is 4.79 Å². The van der Waals surface area contributed by atoms with Gasteiger partial charge in [-0.15, -0.1) is 0 Å². The molecule has 4 heteroatoms. The number of carbonyl (C=O) groups is 1. The molecule has 0 aromatic rings. The van der Waals surface area contributed by atoms with Crippen molar-refractivity contribution in [2.75, 3.05) is 39.9 Å². The zero-order valence-corrected chi connectivity index (χ0v) is 10.9. The van der Waals surface area contributed by atoms with E-state index in [1.807, 2.05) is 0 Å². The molecule has 0 aliphatic carbocycles. The van der Waals surface area contributed by atoms with Crippen molar-refractivity contribution in [1.82, 2.24) is 10.2 Å². The first kappa shape index (κ1) is 12.8. The Morgan fingerprint density at radius 2 is 2.06 bits per heavy atom. The van der Waals surface area contributed by atoms with E-state index in [2.05, 4.69) is 17.1 Å². The van der Waals surface area contributed by atoms with Crippen molar-refractivity contribution < 1.29 is 9.53 Å². The Morgan fingerprint density at radius 3 is 2.59 bits per heavy atom. The summed E-state index contributed by atoms with van der Waals surface area (Å²) in [6.07, 6.45) is 2.18. The Labute approximate surface area is 104 Å². The lowest BCUT2D eigenvalue weighted by Crippen LogP contribution is -2.44. The molecular formula is C13H24N2O2. The van der Waals surface area contributed by atoms with Crippen LogP contribution in [0, 0.1) is 17.8 Å². The number of rotatable bonds is 3. The predicted octanol–water partition coefficient (Wildman–Crippen LogP) is 0.727. The molecule has 1 N–H and O–H groups in total. The minimum atomic E-state index is 0.203. The van der Waals surface area contributed by atoms with Gasteiger partial charge in [-0.25, -0.2) is 0 Å². The van der Waals surface area contributed by atoms with Gasteiger partial charge < -0.3 is 15.0 Å². The van der Waals surface area contributed by atoms with Gasteiger partial charge in [0.2, 0.25) is 5.91 Å². The Kier molecular flexibility index (Phi) is 4.40. The summed E-state index contributed by atoms with van der Waals surface area (Å²) in [6, 6.07) is 0. The Morgan fingerprint density at radius 1 is 1.35 bits per heavy atom. The van der Waals surface area contributed by atoms with Crippen LogP contribution in [0.5, 0.6) is 0 Å². The van der Waals surface area contributed by atoms with Crippen molar-refractivity contribution in [3.05, 3.63) is 0 Å². The third-order valence-corrected chi connectivity index (χ3v) is 4.16. The molecular weight excluding hydrogens is 216 g/mol. The molecule has 0 aromatic carbocycles. The lowest BCUT2D eigenvalue weighted by atomic mass is 9.93. The van der Waals surface area contributed by atoms with E-state index in [4.69, 9.17) is 4.74 Å². The van der Waals surface area contributed by atoms with Crippen LogP contribution in [0.3, 0.4) is 0 Å². The molecule has 2 rings (SSSR count). The Hall–Kier alpha value is -0.610. The lowest BCUT2D eigenvalue weighted by Gasteiger charge is -2.33. The van der Waals surface area contributed by atoms with Crippen LogP contribution in [-0.4, -0.2) is 50.7 Å². The second-order valence-corrected chi connectivity index (χ2v) is 5.47. The molecule has 2 aliphatic heterocycles. The first-order valence-corrected chi connectivity index (χ1v) is 6.70. The van der Waals surface area contributed by atoms with Crippen molar-refractivity contribution in [2.24, 2.45) is 17.8 Å². The molecule has 2 atom stereocenters. The van der Waals surface area contributed by atoms with E-state index < -0.39 is 0 Å². The number of hydrogen-bond acceptors (Lipinski definition) is 3. The zero-order chi connectivity index (χ0) is 12.3. The summed E-state index contributed by atoms with van der Waals surface area (Å²) >= 11 is 0. The molecule has 0 saturated carbocycles. The summed E-state index contributed by atoms with van der Waals surface area (Å²) in [4.78, 5) is 14.4. The molecule has 0 aromatic heterocycles. The fourth-order valence-electron chi connectivity index (χ4n) is 2.93. The molecule has 2 saturated heterocycles. The predicted molar refractivity (Wildman–Crippen MR) is 66.7 cm³/mol. The van der Waals surface area contributed by atoms with E-state index in [-0.39, 0.29) is 5.92 Å². The van der Waals surface area contributed by atoms with Gasteiger partial charge in [0.25, 0.3) is 0 Å². The van der Waals surface area contributed by atoms with Crippen LogP contribution in [0.4, 0.5) is 0 Å². The maximum atomic E-state index is 12.3. The fourth-order valence-corrected chi connectivity index (χ4v) is 2.93. The van der Waals surface area contributed by atoms with Crippen LogP contribution < -0.4 is 5.32 Å². The van der Waals surface area contributed by atoms with Crippen molar-refractivity contribution in [3.63, 3.8) is 0 Å². The molecule has 1 amide bonds. The van der Waals surface area contributed by atoms with Crippen LogP contribution >= 0.6 is 0 Å². The van der Waals surface area contributed by atoms with Gasteiger partial charge in [0.05, 0.1) is 5.92 Å². The van der Waals surface area contributed by atoms with E-state index in [1.165, 1.54) is 0 Å². The molecule has 98 valence electrons. The molecule has 2 fully saturated rings. The molecule has 0 radical (unpaired) electrons. The van der Waals surface area contributed by atoms with Crippen LogP contribution in [0.1, 0.15) is 19.8 Å². The molecule has 0 bridgehead atoms. The number of piperidine rings is 1. The van der Waals surface area contributed by atoms with E-state index in [0.717, 1.165) is 45.6 Å². The third-order valence-electron chi connectivity index (χ3n) is 4.16. The van der Waals surface area contributed by atoms with Crippen LogP contribution in [0.2, 0.25) is 0 Å². The molecule has 0 spiro atoms. The number of methoxy groups -OCH3 is 1. The van der Waals surface area contributed by atoms with Crippen LogP contribution in [0.25, 0.3) is 0 Å². The number of carbonyl (C=O) groups excluding carboxylic acids is 1. The topological polar surface area (TPSA) is 41.6 Å². The van der Waals surface area contributed by atoms with Crippen molar-refractivity contribution in [1.29, 1.82) is 0 Å². The van der Waals surface area contributed by atoms with Gasteiger partial charge in [0.15, 0.2) is 0 Å². The highest BCUT2D eigenvalue weighted by Crippen LogP contribution is 2.23. The zero-order valence-electron chi connectivity index (χ0n) is 10.9. The molecule has 2 unspecified atom stereocenters. The largest absolute Gasteiger partial charge is 0.384 e. The summed E-state index contributed by atoms with van der Waals surface area (Å²) in [5.74, 6) is 1.69. The number of amides is 1. The normalized spacial score (nSPS) is 30.8. The molecule has 2 heterocycles. The summed E-state index contributed by atoms with van der Waals surface area (Å²) in [5, 5.41) is 3.30. The van der Waals surface area contributed by atoms with Gasteiger partial charge in [-0.3, -0.25) is 4.79 Å². The number of ether oxygens (including phenoxy) is 1. The first-order valence-electron chi connectivity index (χ1n) is 6.70. The summed E-state index contributed by atoms with van der Waals surface area (Å²) in [5.41, 5.74) is 0.